The molecule has 0 radical (unpaired) electrons. The molecule has 0 aliphatic heterocycles. The molecule has 0 unspecified atom stereocenters. The molecule has 1 aromatic rings. The first kappa shape index (κ1) is 8.73. The third-order valence-electron chi connectivity index (χ3n) is 2.65. The predicted octanol–water partition coefficient (Wildman–Crippen LogP) is 2.12. The molecule has 2 nitrogen and oxygen atoms in total. The van der Waals surface area contributed by atoms with Crippen molar-refractivity contribution in [2.75, 3.05) is 6.67 Å². The molecule has 0 bridgehead atoms. The second kappa shape index (κ2) is 3.90. The van der Waals surface area contributed by atoms with Gasteiger partial charge >= 0.3 is 0 Å². The first-order valence-electron chi connectivity index (χ1n) is 5.01. The fourth-order valence-electron chi connectivity index (χ4n) is 1.96. The van der Waals surface area contributed by atoms with E-state index in [0.717, 1.165) is 19.4 Å². The summed E-state index contributed by atoms with van der Waals surface area (Å²) in [6.45, 7) is 0.500. The largest absolute Gasteiger partial charge is 0.269 e. The van der Waals surface area contributed by atoms with E-state index in [1.54, 1.807) is 0 Å². The molecule has 0 aromatic carbocycles. The lowest BCUT2D eigenvalue weighted by atomic mass is 9.98. The Kier molecular flexibility index (Phi) is 2.62. The Morgan fingerprint density at radius 2 is 2.23 bits per heavy atom. The van der Waals surface area contributed by atoms with Crippen LogP contribution in [0.2, 0.25) is 0 Å². The minimum absolute atomic E-state index is 0.241. The number of hydrogen-bond acceptors (Lipinski definition) is 1. The number of nitrogens with zero attached hydrogens (tertiary/aromatic N) is 2. The molecule has 1 aliphatic carbocycles. The zero-order valence-corrected chi connectivity index (χ0v) is 7.80. The second-order valence-electron chi connectivity index (χ2n) is 3.59. The number of hydrogen-bond donors (Lipinski definition) is 0. The molecule has 1 heterocycles. The van der Waals surface area contributed by atoms with Crippen LogP contribution in [0.4, 0.5) is 4.39 Å². The van der Waals surface area contributed by atoms with Gasteiger partial charge in [0.15, 0.2) is 0 Å². The number of aromatic nitrogens is 2. The van der Waals surface area contributed by atoms with Gasteiger partial charge in [-0.25, -0.2) is 0 Å². The van der Waals surface area contributed by atoms with Crippen LogP contribution in [0, 0.1) is 0 Å². The predicted molar refractivity (Wildman–Crippen MR) is 49.5 cm³/mol. The maximum absolute atomic E-state index is 12.0. The molecular weight excluding hydrogens is 167 g/mol. The topological polar surface area (TPSA) is 17.8 Å². The molecule has 13 heavy (non-hydrogen) atoms. The summed E-state index contributed by atoms with van der Waals surface area (Å²) in [5.41, 5.74) is 2.73. The van der Waals surface area contributed by atoms with Crippen LogP contribution in [0.15, 0.2) is 6.20 Å². The van der Waals surface area contributed by atoms with Crippen LogP contribution >= 0.6 is 0 Å². The van der Waals surface area contributed by atoms with Gasteiger partial charge in [0.05, 0.1) is 12.9 Å². The summed E-state index contributed by atoms with van der Waals surface area (Å²) < 4.78 is 14.0. The third kappa shape index (κ3) is 1.74. The number of halogens is 1. The van der Waals surface area contributed by atoms with Crippen LogP contribution in [0.1, 0.15) is 30.5 Å². The monoisotopic (exact) mass is 182 g/mol. The highest BCUT2D eigenvalue weighted by atomic mass is 19.1. The van der Waals surface area contributed by atoms with Crippen molar-refractivity contribution in [2.24, 2.45) is 0 Å². The van der Waals surface area contributed by atoms with Gasteiger partial charge in [-0.3, -0.25) is 9.07 Å². The van der Waals surface area contributed by atoms with Gasteiger partial charge in [0.25, 0.3) is 0 Å². The minimum Gasteiger partial charge on any atom is -0.269 e. The number of aryl methyl sites for hydroxylation is 2. The Hall–Kier alpha value is -0.860. The molecular formula is C10H15FN2. The van der Waals surface area contributed by atoms with Crippen LogP contribution in [0.25, 0.3) is 0 Å². The smallest absolute Gasteiger partial charge is 0.0912 e. The Morgan fingerprint density at radius 3 is 3.08 bits per heavy atom. The molecule has 0 fully saturated rings. The second-order valence-corrected chi connectivity index (χ2v) is 3.59. The number of fused-ring (bicyclic) bond motifs is 1. The summed E-state index contributed by atoms with van der Waals surface area (Å²) in [7, 11) is 0. The van der Waals surface area contributed by atoms with E-state index in [2.05, 4.69) is 5.10 Å². The van der Waals surface area contributed by atoms with Gasteiger partial charge in [-0.05, 0) is 37.7 Å². The molecule has 3 heteroatoms. The molecule has 2 rings (SSSR count). The van der Waals surface area contributed by atoms with Crippen LogP contribution in [-0.4, -0.2) is 16.5 Å². The van der Waals surface area contributed by atoms with Gasteiger partial charge in [0, 0.05) is 12.2 Å². The maximum atomic E-state index is 12.0. The maximum Gasteiger partial charge on any atom is 0.0912 e. The molecule has 72 valence electrons. The van der Waals surface area contributed by atoms with Gasteiger partial charge in [-0.15, -0.1) is 0 Å². The van der Waals surface area contributed by atoms with Crippen molar-refractivity contribution in [3.63, 3.8) is 0 Å². The van der Waals surface area contributed by atoms with Crippen molar-refractivity contribution in [3.05, 3.63) is 17.5 Å². The SMILES string of the molecule is FCCCn1ncc2c1CCCC2. The lowest BCUT2D eigenvalue weighted by molar-refractivity contribution is 0.427. The summed E-state index contributed by atoms with van der Waals surface area (Å²) >= 11 is 0. The van der Waals surface area contributed by atoms with E-state index in [1.165, 1.54) is 24.1 Å². The molecule has 1 aliphatic rings. The van der Waals surface area contributed by atoms with Crippen molar-refractivity contribution in [2.45, 2.75) is 38.6 Å². The molecule has 0 amide bonds. The average molecular weight is 182 g/mol. The van der Waals surface area contributed by atoms with Crippen molar-refractivity contribution in [3.8, 4) is 0 Å². The summed E-state index contributed by atoms with van der Waals surface area (Å²) in [4.78, 5) is 0. The van der Waals surface area contributed by atoms with Crippen LogP contribution in [0.5, 0.6) is 0 Å². The van der Waals surface area contributed by atoms with E-state index >= 15 is 0 Å². The quantitative estimate of drug-likeness (QED) is 0.700. The van der Waals surface area contributed by atoms with Crippen LogP contribution in [0.3, 0.4) is 0 Å². The molecule has 0 atom stereocenters. The van der Waals surface area contributed by atoms with E-state index < -0.39 is 0 Å². The summed E-state index contributed by atoms with van der Waals surface area (Å²) in [5.74, 6) is 0. The standard InChI is InChI=1S/C10H15FN2/c11-6-3-7-13-10-5-2-1-4-9(10)8-12-13/h8H,1-7H2. The fraction of sp³-hybridized carbons (Fsp3) is 0.700. The van der Waals surface area contributed by atoms with Gasteiger partial charge in [-0.1, -0.05) is 0 Å². The zero-order valence-electron chi connectivity index (χ0n) is 7.80. The molecule has 1 aromatic heterocycles. The zero-order chi connectivity index (χ0) is 9.10. The first-order valence-corrected chi connectivity index (χ1v) is 5.01. The normalized spacial score (nSPS) is 15.8. The van der Waals surface area contributed by atoms with Crippen molar-refractivity contribution in [1.82, 2.24) is 9.78 Å². The van der Waals surface area contributed by atoms with Gasteiger partial charge in [0.2, 0.25) is 0 Å². The molecule has 0 saturated carbocycles. The van der Waals surface area contributed by atoms with E-state index in [1.807, 2.05) is 10.9 Å². The van der Waals surface area contributed by atoms with E-state index in [0.29, 0.717) is 6.42 Å². The summed E-state index contributed by atoms with van der Waals surface area (Å²) in [6.07, 6.45) is 7.36. The van der Waals surface area contributed by atoms with Crippen molar-refractivity contribution in [1.29, 1.82) is 0 Å². The average Bonchev–Trinajstić information content (AvgIpc) is 2.58. The fourth-order valence-corrected chi connectivity index (χ4v) is 1.96. The third-order valence-corrected chi connectivity index (χ3v) is 2.65. The number of alkyl halides is 1. The van der Waals surface area contributed by atoms with Gasteiger partial charge < -0.3 is 0 Å². The molecule has 0 N–H and O–H groups in total. The van der Waals surface area contributed by atoms with Gasteiger partial charge in [-0.2, -0.15) is 5.10 Å². The lowest BCUT2D eigenvalue weighted by Gasteiger charge is -2.13. The van der Waals surface area contributed by atoms with E-state index in [9.17, 15) is 4.39 Å². The first-order chi connectivity index (χ1) is 6.42. The Balaban J connectivity index is 2.12. The van der Waals surface area contributed by atoms with Gasteiger partial charge in [0.1, 0.15) is 0 Å². The lowest BCUT2D eigenvalue weighted by Crippen LogP contribution is -2.09. The molecule has 0 spiro atoms. The highest BCUT2D eigenvalue weighted by molar-refractivity contribution is 5.20. The van der Waals surface area contributed by atoms with Crippen LogP contribution in [-0.2, 0) is 19.4 Å². The van der Waals surface area contributed by atoms with Crippen molar-refractivity contribution < 1.29 is 4.39 Å². The Labute approximate surface area is 77.8 Å². The Bertz CT molecular complexity index is 280. The molecule has 0 saturated heterocycles. The highest BCUT2D eigenvalue weighted by Crippen LogP contribution is 2.20. The van der Waals surface area contributed by atoms with E-state index in [4.69, 9.17) is 0 Å². The van der Waals surface area contributed by atoms with Crippen molar-refractivity contribution >= 4 is 0 Å². The highest BCUT2D eigenvalue weighted by Gasteiger charge is 2.13. The minimum atomic E-state index is -0.241. The summed E-state index contributed by atoms with van der Waals surface area (Å²) in [5, 5.41) is 4.29. The van der Waals surface area contributed by atoms with E-state index in [-0.39, 0.29) is 6.67 Å². The summed E-state index contributed by atoms with van der Waals surface area (Å²) in [6, 6.07) is 0. The van der Waals surface area contributed by atoms with Crippen LogP contribution < -0.4 is 0 Å². The Morgan fingerprint density at radius 1 is 1.38 bits per heavy atom. The number of rotatable bonds is 3.